The van der Waals surface area contributed by atoms with E-state index in [2.05, 4.69) is 21.2 Å². The molecule has 3 aliphatic carbocycles. The lowest BCUT2D eigenvalue weighted by Crippen LogP contribution is -2.40. The summed E-state index contributed by atoms with van der Waals surface area (Å²) in [5, 5.41) is 13.3. The molecular weight excluding hydrogens is 648 g/mol. The van der Waals surface area contributed by atoms with E-state index in [1.165, 1.54) is 24.2 Å². The molecule has 230 valence electrons. The monoisotopic (exact) mass is 676 g/mol. The Morgan fingerprint density at radius 2 is 1.67 bits per heavy atom. The number of ether oxygens (including phenoxy) is 1. The van der Waals surface area contributed by atoms with Gasteiger partial charge in [0, 0.05) is 34.5 Å². The van der Waals surface area contributed by atoms with Crippen molar-refractivity contribution in [3.8, 4) is 11.5 Å². The van der Waals surface area contributed by atoms with Crippen molar-refractivity contribution >= 4 is 62.4 Å². The van der Waals surface area contributed by atoms with Gasteiger partial charge in [-0.2, -0.15) is 0 Å². The van der Waals surface area contributed by atoms with Crippen LogP contribution in [0.3, 0.4) is 0 Å². The fourth-order valence-electron chi connectivity index (χ4n) is 7.13. The third-order valence-electron chi connectivity index (χ3n) is 9.25. The van der Waals surface area contributed by atoms with Crippen LogP contribution in [0.1, 0.15) is 18.4 Å². The first-order chi connectivity index (χ1) is 22.2. The minimum absolute atomic E-state index is 0.00233. The summed E-state index contributed by atoms with van der Waals surface area (Å²) in [6.45, 7) is 0. The van der Waals surface area contributed by atoms with E-state index in [4.69, 9.17) is 4.74 Å². The molecule has 0 saturated carbocycles. The van der Waals surface area contributed by atoms with Crippen LogP contribution in [0.15, 0.2) is 112 Å². The van der Waals surface area contributed by atoms with E-state index in [0.717, 1.165) is 22.5 Å². The van der Waals surface area contributed by atoms with Crippen molar-refractivity contribution in [2.75, 3.05) is 17.3 Å². The molecular formula is C37H29BrN2O6. The Bertz CT molecular complexity index is 1920. The van der Waals surface area contributed by atoms with Crippen molar-refractivity contribution in [2.45, 2.75) is 12.8 Å². The van der Waals surface area contributed by atoms with Gasteiger partial charge in [0.1, 0.15) is 0 Å². The zero-order valence-corrected chi connectivity index (χ0v) is 26.4. The summed E-state index contributed by atoms with van der Waals surface area (Å²) in [7, 11) is 1.46. The van der Waals surface area contributed by atoms with Crippen molar-refractivity contribution in [3.63, 3.8) is 0 Å². The smallest absolute Gasteiger partial charge is 0.238 e. The molecule has 0 radical (unpaired) electrons. The number of methoxy groups -OCH3 is 1. The molecule has 4 atom stereocenters. The number of phenols is 1. The third-order valence-corrected chi connectivity index (χ3v) is 9.84. The highest BCUT2D eigenvalue weighted by Crippen LogP contribution is 2.53. The molecule has 1 heterocycles. The number of fused-ring (bicyclic) bond motifs is 3. The number of aromatic hydroxyl groups is 1. The van der Waals surface area contributed by atoms with Crippen molar-refractivity contribution in [1.29, 1.82) is 0 Å². The summed E-state index contributed by atoms with van der Waals surface area (Å²) in [5.74, 6) is -3.03. The van der Waals surface area contributed by atoms with Crippen LogP contribution in [-0.2, 0) is 19.2 Å². The highest BCUT2D eigenvalue weighted by molar-refractivity contribution is 9.12. The topological polar surface area (TPSA) is 113 Å². The van der Waals surface area contributed by atoms with Crippen LogP contribution in [0, 0.1) is 23.7 Å². The van der Waals surface area contributed by atoms with Crippen LogP contribution in [0.5, 0.6) is 11.5 Å². The summed E-state index contributed by atoms with van der Waals surface area (Å²) in [6, 6.07) is 21.8. The number of para-hydroxylation sites is 1. The number of allylic oxidation sites excluding steroid dienone is 7. The lowest BCUT2D eigenvalue weighted by atomic mass is 9.61. The fraction of sp³-hybridized carbons (Fsp3) is 0.189. The van der Waals surface area contributed by atoms with Gasteiger partial charge in [0.15, 0.2) is 23.1 Å². The normalized spacial score (nSPS) is 24.0. The number of benzene rings is 3. The second-order valence-electron chi connectivity index (χ2n) is 11.8. The summed E-state index contributed by atoms with van der Waals surface area (Å²) < 4.78 is 5.43. The number of rotatable bonds is 6. The van der Waals surface area contributed by atoms with Crippen LogP contribution in [0.4, 0.5) is 17.1 Å². The molecule has 2 N–H and O–H groups in total. The number of amides is 2. The van der Waals surface area contributed by atoms with Gasteiger partial charge >= 0.3 is 0 Å². The number of carbonyl (C=O) groups is 4. The van der Waals surface area contributed by atoms with E-state index < -0.39 is 23.7 Å². The molecule has 3 aromatic rings. The molecule has 0 spiro atoms. The van der Waals surface area contributed by atoms with Gasteiger partial charge in [0.2, 0.25) is 11.8 Å². The number of imide groups is 1. The highest BCUT2D eigenvalue weighted by Gasteiger charge is 2.56. The molecule has 7 rings (SSSR count). The first-order valence-corrected chi connectivity index (χ1v) is 15.8. The van der Waals surface area contributed by atoms with E-state index in [-0.39, 0.29) is 40.0 Å². The second-order valence-corrected chi connectivity index (χ2v) is 12.6. The van der Waals surface area contributed by atoms with E-state index in [9.17, 15) is 24.3 Å². The van der Waals surface area contributed by atoms with Crippen molar-refractivity contribution in [1.82, 2.24) is 0 Å². The molecule has 3 aromatic carbocycles. The van der Waals surface area contributed by atoms with E-state index in [0.29, 0.717) is 29.0 Å². The molecule has 8 nitrogen and oxygen atoms in total. The Morgan fingerprint density at radius 1 is 0.935 bits per heavy atom. The number of carbonyl (C=O) groups excluding carboxylic acids is 4. The summed E-state index contributed by atoms with van der Waals surface area (Å²) in [5.41, 5.74) is 4.59. The molecule has 1 saturated heterocycles. The average Bonchev–Trinajstić information content (AvgIpc) is 3.32. The predicted octanol–water partition coefficient (Wildman–Crippen LogP) is 6.66. The summed E-state index contributed by atoms with van der Waals surface area (Å²) >= 11 is 3.26. The number of nitrogens with zero attached hydrogens (tertiary/aromatic N) is 1. The Morgan fingerprint density at radius 3 is 2.41 bits per heavy atom. The quantitative estimate of drug-likeness (QED) is 0.171. The number of Topliss-reactive ketones (excluding diaryl/α,β-unsaturated/α-hetero) is 1. The van der Waals surface area contributed by atoms with Gasteiger partial charge in [-0.25, -0.2) is 0 Å². The van der Waals surface area contributed by atoms with E-state index in [1.54, 1.807) is 24.3 Å². The van der Waals surface area contributed by atoms with E-state index >= 15 is 0 Å². The van der Waals surface area contributed by atoms with Gasteiger partial charge in [-0.1, -0.05) is 48.1 Å². The van der Waals surface area contributed by atoms with Crippen LogP contribution in [-0.4, -0.2) is 35.6 Å². The Labute approximate surface area is 273 Å². The number of halogens is 1. The Balaban J connectivity index is 1.22. The first kappa shape index (κ1) is 29.7. The van der Waals surface area contributed by atoms with Crippen molar-refractivity contribution < 1.29 is 29.0 Å². The molecule has 1 aliphatic heterocycles. The predicted molar refractivity (Wildman–Crippen MR) is 178 cm³/mol. The third kappa shape index (κ3) is 5.01. The number of hydrogen-bond donors (Lipinski definition) is 2. The molecule has 9 heteroatoms. The summed E-state index contributed by atoms with van der Waals surface area (Å²) in [6.07, 6.45) is 7.51. The highest BCUT2D eigenvalue weighted by atomic mass is 79.9. The number of ketones is 2. The van der Waals surface area contributed by atoms with Crippen molar-refractivity contribution in [2.24, 2.45) is 23.7 Å². The molecule has 0 aromatic heterocycles. The SMILES string of the molecule is COc1cc(C=C[C@H]2C3=CC[C@@H]4C(=O)N(c5ccc(Nc6ccccc6)cc5)C(=O)[C@@H]4[C@@H]3CC3=C2C(=O)C=C(Br)C3=O)ccc1O. The van der Waals surface area contributed by atoms with Crippen LogP contribution < -0.4 is 15.0 Å². The zero-order chi connectivity index (χ0) is 32.1. The first-order valence-electron chi connectivity index (χ1n) is 15.0. The number of nitrogens with one attached hydrogen (secondary N) is 1. The van der Waals surface area contributed by atoms with Crippen LogP contribution in [0.25, 0.3) is 6.08 Å². The van der Waals surface area contributed by atoms with Gasteiger partial charge in [-0.15, -0.1) is 0 Å². The Hall–Kier alpha value is -5.02. The molecule has 2 amide bonds. The molecule has 46 heavy (non-hydrogen) atoms. The van der Waals surface area contributed by atoms with Gasteiger partial charge in [0.25, 0.3) is 0 Å². The van der Waals surface area contributed by atoms with Crippen LogP contribution >= 0.6 is 15.9 Å². The zero-order valence-electron chi connectivity index (χ0n) is 24.8. The molecule has 0 unspecified atom stereocenters. The molecule has 4 aliphatic rings. The summed E-state index contributed by atoms with van der Waals surface area (Å²) in [4.78, 5) is 56.0. The Kier molecular flexibility index (Phi) is 7.56. The minimum Gasteiger partial charge on any atom is -0.504 e. The minimum atomic E-state index is -0.666. The standard InChI is InChI=1S/C37H29BrN2O6/c1-46-32-17-20(8-16-30(32)41)7-13-25-24-14-15-26-34(27(24)18-28-33(25)31(42)19-29(38)35(28)43)37(45)40(36(26)44)23-11-9-22(10-12-23)39-21-5-3-2-4-6-21/h2-14,16-17,19,25-27,34,39,41H,15,18H2,1H3/t25-,26-,27+,34-/m0/s1. The van der Waals surface area contributed by atoms with Gasteiger partial charge < -0.3 is 15.2 Å². The lowest BCUT2D eigenvalue weighted by Gasteiger charge is -2.41. The average molecular weight is 678 g/mol. The van der Waals surface area contributed by atoms with E-state index in [1.807, 2.05) is 60.7 Å². The number of anilines is 3. The lowest BCUT2D eigenvalue weighted by molar-refractivity contribution is -0.123. The second kappa shape index (κ2) is 11.7. The van der Waals surface area contributed by atoms with Crippen molar-refractivity contribution in [3.05, 3.63) is 118 Å². The number of hydrogen-bond acceptors (Lipinski definition) is 7. The largest absolute Gasteiger partial charge is 0.504 e. The van der Waals surface area contributed by atoms with Gasteiger partial charge in [0.05, 0.1) is 29.1 Å². The maximum atomic E-state index is 14.2. The van der Waals surface area contributed by atoms with Gasteiger partial charge in [-0.3, -0.25) is 24.1 Å². The fourth-order valence-corrected chi connectivity index (χ4v) is 7.57. The molecule has 1 fully saturated rings. The number of phenolic OH excluding ortho intramolecular Hbond substituents is 1. The molecule has 0 bridgehead atoms. The van der Waals surface area contributed by atoms with Gasteiger partial charge in [-0.05, 0) is 88.8 Å². The maximum Gasteiger partial charge on any atom is 0.238 e. The maximum absolute atomic E-state index is 14.2. The van der Waals surface area contributed by atoms with Crippen LogP contribution in [0.2, 0.25) is 0 Å².